The summed E-state index contributed by atoms with van der Waals surface area (Å²) in [5.74, 6) is 5.73. The van der Waals surface area contributed by atoms with Crippen molar-refractivity contribution in [2.75, 3.05) is 0 Å². The first-order valence-electron chi connectivity index (χ1n) is 48.8. The first kappa shape index (κ1) is 83.4. The van der Waals surface area contributed by atoms with E-state index in [2.05, 4.69) is 287 Å². The molecule has 0 bridgehead atoms. The third kappa shape index (κ3) is 13.9. The summed E-state index contributed by atoms with van der Waals surface area (Å²) in [5, 5.41) is 32.1. The molecule has 30 aromatic rings. The predicted molar refractivity (Wildman–Crippen MR) is 604 cm³/mol. The van der Waals surface area contributed by atoms with E-state index in [1.807, 2.05) is 193 Å². The molecule has 1 aliphatic rings. The van der Waals surface area contributed by atoms with Crippen molar-refractivity contribution in [3.05, 3.63) is 454 Å². The van der Waals surface area contributed by atoms with Crippen LogP contribution in [0.5, 0.6) is 0 Å². The molecule has 676 valence electrons. The van der Waals surface area contributed by atoms with Crippen molar-refractivity contribution < 1.29 is 8.83 Å². The van der Waals surface area contributed by atoms with Gasteiger partial charge in [0.25, 0.3) is 0 Å². The fourth-order valence-corrected chi connectivity index (χ4v) is 24.7. The Balaban J connectivity index is 0.000000104. The second kappa shape index (κ2) is 33.3. The second-order valence-corrected chi connectivity index (χ2v) is 40.1. The van der Waals surface area contributed by atoms with Gasteiger partial charge in [0.05, 0.1) is 0 Å². The van der Waals surface area contributed by atoms with Gasteiger partial charge in [0.1, 0.15) is 22.3 Å². The van der Waals surface area contributed by atoms with Crippen LogP contribution in [0.4, 0.5) is 0 Å². The lowest BCUT2D eigenvalue weighted by Gasteiger charge is -2.21. The average molecular weight is 1890 g/mol. The fourth-order valence-electron chi connectivity index (χ4n) is 22.4. The largest absolute Gasteiger partial charge is 0.456 e. The number of fused-ring (bicyclic) bond motifs is 34. The van der Waals surface area contributed by atoms with Crippen molar-refractivity contribution >= 4 is 204 Å². The highest BCUT2D eigenvalue weighted by Gasteiger charge is 2.37. The molecule has 31 rings (SSSR count). The number of rotatable bonds is 9. The topological polar surface area (TPSA) is 142 Å². The summed E-state index contributed by atoms with van der Waals surface area (Å²) >= 11 is 3.75. The maximum atomic E-state index is 6.25. The highest BCUT2D eigenvalue weighted by atomic mass is 32.1. The van der Waals surface area contributed by atoms with Crippen molar-refractivity contribution in [1.29, 1.82) is 0 Å². The van der Waals surface area contributed by atoms with Crippen LogP contribution in [-0.2, 0) is 5.41 Å². The van der Waals surface area contributed by atoms with Crippen molar-refractivity contribution in [3.63, 3.8) is 0 Å². The zero-order valence-electron chi connectivity index (χ0n) is 78.3. The van der Waals surface area contributed by atoms with Crippen molar-refractivity contribution in [1.82, 2.24) is 44.9 Å². The molecule has 0 amide bonds. The van der Waals surface area contributed by atoms with Gasteiger partial charge in [-0.05, 0) is 187 Å². The molecule has 0 atom stereocenters. The number of aromatic nitrogens is 9. The third-order valence-corrected chi connectivity index (χ3v) is 31.6. The number of nitrogens with zero attached hydrogens (tertiary/aromatic N) is 9. The van der Waals surface area contributed by atoms with Gasteiger partial charge in [0, 0.05) is 123 Å². The number of hydrogen-bond donors (Lipinski definition) is 0. The zero-order chi connectivity index (χ0) is 95.6. The summed E-state index contributed by atoms with van der Waals surface area (Å²) in [5.41, 5.74) is 17.2. The molecule has 7 aromatic heterocycles. The molecule has 7 heterocycles. The van der Waals surface area contributed by atoms with Crippen molar-refractivity contribution in [3.8, 4) is 114 Å². The number of furan rings is 2. The van der Waals surface area contributed by atoms with Crippen LogP contribution in [0.25, 0.3) is 295 Å². The summed E-state index contributed by atoms with van der Waals surface area (Å²) in [6, 6.07) is 156. The molecule has 13 heteroatoms. The molecule has 0 spiro atoms. The summed E-state index contributed by atoms with van der Waals surface area (Å²) in [6.45, 7) is 4.70. The van der Waals surface area contributed by atoms with Gasteiger partial charge >= 0.3 is 0 Å². The van der Waals surface area contributed by atoms with Crippen molar-refractivity contribution in [2.24, 2.45) is 0 Å². The fraction of sp³-hybridized carbons (Fsp3) is 0.0227. The lowest BCUT2D eigenvalue weighted by Crippen LogP contribution is -2.14. The zero-order valence-corrected chi connectivity index (χ0v) is 79.9. The Morgan fingerprint density at radius 2 is 0.497 bits per heavy atom. The maximum Gasteiger partial charge on any atom is 0.164 e. The molecule has 0 radical (unpaired) electrons. The normalized spacial score (nSPS) is 12.4. The van der Waals surface area contributed by atoms with E-state index in [9.17, 15) is 0 Å². The van der Waals surface area contributed by atoms with E-state index in [1.54, 1.807) is 0 Å². The Kier molecular flexibility index (Phi) is 19.2. The van der Waals surface area contributed by atoms with Gasteiger partial charge in [-0.2, -0.15) is 0 Å². The van der Waals surface area contributed by atoms with Crippen LogP contribution in [-0.4, -0.2) is 44.9 Å². The van der Waals surface area contributed by atoms with Gasteiger partial charge in [-0.25, -0.2) is 44.9 Å². The number of hydrogen-bond acceptors (Lipinski definition) is 13. The summed E-state index contributed by atoms with van der Waals surface area (Å²) < 4.78 is 17.8. The van der Waals surface area contributed by atoms with E-state index >= 15 is 0 Å². The van der Waals surface area contributed by atoms with Crippen LogP contribution in [0.1, 0.15) is 25.0 Å². The minimum absolute atomic E-state index is 0.0676. The molecular weight excluding hydrogens is 1810 g/mol. The Morgan fingerprint density at radius 3 is 0.972 bits per heavy atom. The molecule has 0 saturated carbocycles. The van der Waals surface area contributed by atoms with E-state index in [0.717, 1.165) is 110 Å². The molecule has 0 aliphatic heterocycles. The SMILES string of the molecule is CC1(C)c2ccccc2-c2c1ccc1ccc3ccc4cc(-c5nc(-c6ccccc6)nc(-c6ccc7c(c6)oc6ccccc67)n5)ccc4c3c21.c1ccc(-c2nc(-c3ccc4c(ccc5ccc6ccc7sc8ccccc8c7c6c54)c3)nc(-c3ccc4c(c3)oc3ccccc34)n2)cc1.c1ccc(-c2nc(-c3ccccc3)nc(-c3ccc4c(ccc5c4c4ccccc4c4sc6ccccc6c54)c3)n2)cc1. The van der Waals surface area contributed by atoms with Gasteiger partial charge in [-0.1, -0.05) is 384 Å². The van der Waals surface area contributed by atoms with Crippen LogP contribution in [0, 0.1) is 0 Å². The Hall–Kier alpha value is -18.5. The molecule has 0 saturated heterocycles. The van der Waals surface area contributed by atoms with Crippen LogP contribution in [0.2, 0.25) is 0 Å². The van der Waals surface area contributed by atoms with Crippen LogP contribution < -0.4 is 0 Å². The van der Waals surface area contributed by atoms with Gasteiger partial charge in [0.15, 0.2) is 52.4 Å². The van der Waals surface area contributed by atoms with Gasteiger partial charge in [-0.15, -0.1) is 22.7 Å². The number of para-hydroxylation sites is 2. The Morgan fingerprint density at radius 1 is 0.179 bits per heavy atom. The molecule has 0 unspecified atom stereocenters. The number of benzene rings is 23. The predicted octanol–water partition coefficient (Wildman–Crippen LogP) is 35.8. The second-order valence-electron chi connectivity index (χ2n) is 38.0. The monoisotopic (exact) mass is 1890 g/mol. The summed E-state index contributed by atoms with van der Waals surface area (Å²) in [7, 11) is 0. The summed E-state index contributed by atoms with van der Waals surface area (Å²) in [4.78, 5) is 45.1. The highest BCUT2D eigenvalue weighted by Crippen LogP contribution is 2.55. The van der Waals surface area contributed by atoms with Crippen LogP contribution >= 0.6 is 22.7 Å². The molecule has 0 fully saturated rings. The smallest absolute Gasteiger partial charge is 0.164 e. The lowest BCUT2D eigenvalue weighted by molar-refractivity contribution is 0.661. The van der Waals surface area contributed by atoms with Crippen molar-refractivity contribution in [2.45, 2.75) is 19.3 Å². The molecule has 0 N–H and O–H groups in total. The first-order chi connectivity index (χ1) is 71.6. The van der Waals surface area contributed by atoms with E-state index in [0.29, 0.717) is 52.4 Å². The van der Waals surface area contributed by atoms with E-state index in [-0.39, 0.29) is 5.41 Å². The molecule has 1 aliphatic carbocycles. The lowest BCUT2D eigenvalue weighted by atomic mass is 9.81. The van der Waals surface area contributed by atoms with Gasteiger partial charge in [0.2, 0.25) is 0 Å². The highest BCUT2D eigenvalue weighted by molar-refractivity contribution is 7.27. The van der Waals surface area contributed by atoms with Crippen LogP contribution in [0.3, 0.4) is 0 Å². The minimum Gasteiger partial charge on any atom is -0.456 e. The molecule has 23 aromatic carbocycles. The molecular formula is C132H79N9O2S2. The average Bonchev–Trinajstić information content (AvgIpc) is 1.53. The van der Waals surface area contributed by atoms with Gasteiger partial charge in [-0.3, -0.25) is 0 Å². The first-order valence-corrected chi connectivity index (χ1v) is 50.5. The quantitative estimate of drug-likeness (QED) is 0.127. The van der Waals surface area contributed by atoms with E-state index < -0.39 is 0 Å². The Bertz CT molecular complexity index is 10600. The molecule has 11 nitrogen and oxygen atoms in total. The van der Waals surface area contributed by atoms with E-state index in [4.69, 9.17) is 53.7 Å². The van der Waals surface area contributed by atoms with Crippen LogP contribution in [0.15, 0.2) is 452 Å². The molecule has 145 heavy (non-hydrogen) atoms. The standard InChI is InChI=1S/C48H31N3O.C45H25N3OS.C39H23N3S/c1-48(2)38-14-8-6-13-37(38)44-39(48)25-22-29-17-16-28-18-19-31-26-32(20-23-34(31)42(28)43(29)44)46-49-45(30-10-4-3-5-11-30)50-47(51-46)33-21-24-36-35-12-7-9-15-40(35)52-41(36)27-33;1-2-8-28(9-3-1)43-46-44(48-45(47-43)31-19-22-34-33-10-4-6-12-36(33)49-37(34)25-31)30-18-21-32-29(24-30)17-16-26-14-15-27-20-23-39-42(41(27)40(26)32)35-11-5-7-13-38(35)50-39;1-3-11-24(12-4-1)37-40-38(25-13-5-2-6-14-25)42-39(41-37)27-20-21-28-26(23-27)19-22-32-34(28)29-15-7-8-16-30(29)36-35(32)31-17-9-10-18-33(31)43-36/h3-27H,1-2H3;1-25H;1-23H. The van der Waals surface area contributed by atoms with Gasteiger partial charge < -0.3 is 8.83 Å². The maximum absolute atomic E-state index is 6.25. The minimum atomic E-state index is -0.0676. The summed E-state index contributed by atoms with van der Waals surface area (Å²) in [6.07, 6.45) is 0. The third-order valence-electron chi connectivity index (χ3n) is 29.3. The van der Waals surface area contributed by atoms with E-state index in [1.165, 1.54) is 143 Å². The Labute approximate surface area is 838 Å². The number of thiophene rings is 2.